The molecule has 1 aliphatic heterocycles. The zero-order chi connectivity index (χ0) is 27.7. The molecule has 38 heavy (non-hydrogen) atoms. The first-order valence-electron chi connectivity index (χ1n) is 13.5. The van der Waals surface area contributed by atoms with Crippen molar-refractivity contribution in [2.75, 3.05) is 13.1 Å². The van der Waals surface area contributed by atoms with Crippen molar-refractivity contribution in [2.24, 2.45) is 13.0 Å². The Balaban J connectivity index is 0.000000508. The van der Waals surface area contributed by atoms with E-state index in [9.17, 15) is 4.39 Å². The predicted octanol–water partition coefficient (Wildman–Crippen LogP) is 10.6. The van der Waals surface area contributed by atoms with Gasteiger partial charge in [-0.2, -0.15) is 0 Å². The minimum Gasteiger partial charge on any atom is -0.371 e. The smallest absolute Gasteiger partial charge is 0.123 e. The Kier molecular flexibility index (Phi) is 13.6. The maximum Gasteiger partial charge on any atom is 0.123 e. The third-order valence-corrected chi connectivity index (χ3v) is 7.37. The van der Waals surface area contributed by atoms with Crippen LogP contribution < -0.4 is 0 Å². The topological polar surface area (TPSA) is 8.17 Å². The minimum atomic E-state index is -0.160. The van der Waals surface area contributed by atoms with Crippen LogP contribution in [0.3, 0.4) is 0 Å². The van der Waals surface area contributed by atoms with Gasteiger partial charge >= 0.3 is 0 Å². The molecule has 0 atom stereocenters. The van der Waals surface area contributed by atoms with Crippen molar-refractivity contribution in [2.45, 2.75) is 67.7 Å². The van der Waals surface area contributed by atoms with Gasteiger partial charge in [-0.15, -0.1) is 0 Å². The van der Waals surface area contributed by atoms with Crippen LogP contribution >= 0.6 is 11.6 Å². The van der Waals surface area contributed by atoms with Crippen LogP contribution in [-0.4, -0.2) is 22.6 Å². The number of aryl methyl sites for hydroxylation is 2. The average Bonchev–Trinajstić information content (AvgIpc) is 3.24. The number of hydrogen-bond donors (Lipinski definition) is 0. The number of hydrogen-bond acceptors (Lipinski definition) is 1. The normalized spacial score (nSPS) is 13.0. The van der Waals surface area contributed by atoms with Gasteiger partial charge in [0.25, 0.3) is 0 Å². The second-order valence-corrected chi connectivity index (χ2v) is 9.94. The lowest BCUT2D eigenvalue weighted by molar-refractivity contribution is 0.268. The number of nitrogens with zero attached hydrogens (tertiary/aromatic N) is 2. The van der Waals surface area contributed by atoms with Crippen molar-refractivity contribution in [1.82, 2.24) is 9.47 Å². The predicted molar refractivity (Wildman–Crippen MR) is 169 cm³/mol. The fourth-order valence-corrected chi connectivity index (χ4v) is 4.70. The number of benzene rings is 2. The molecule has 2 nitrogen and oxygen atoms in total. The van der Waals surface area contributed by atoms with E-state index in [0.717, 1.165) is 75.7 Å². The van der Waals surface area contributed by atoms with Gasteiger partial charge in [-0.05, 0) is 72.6 Å². The minimum absolute atomic E-state index is 0. The van der Waals surface area contributed by atoms with Gasteiger partial charge in [0.2, 0.25) is 0 Å². The maximum absolute atomic E-state index is 12.2. The van der Waals surface area contributed by atoms with Gasteiger partial charge < -0.3 is 9.47 Å². The number of rotatable bonds is 6. The van der Waals surface area contributed by atoms with Crippen LogP contribution in [-0.2, 0) is 13.5 Å². The van der Waals surface area contributed by atoms with Crippen LogP contribution in [0.4, 0.5) is 4.39 Å². The number of aromatic nitrogens is 1. The third kappa shape index (κ3) is 8.11. The number of allylic oxidation sites excluding steroid dienone is 2. The summed E-state index contributed by atoms with van der Waals surface area (Å²) in [5.41, 5.74) is 7.54. The molecule has 0 radical (unpaired) electrons. The van der Waals surface area contributed by atoms with E-state index in [0.29, 0.717) is 0 Å². The molecule has 1 saturated heterocycles. The van der Waals surface area contributed by atoms with Crippen LogP contribution in [0.25, 0.3) is 22.2 Å². The van der Waals surface area contributed by atoms with Gasteiger partial charge in [0, 0.05) is 54.1 Å². The second kappa shape index (κ2) is 15.6. The molecular weight excluding hydrogens is 491 g/mol. The summed E-state index contributed by atoms with van der Waals surface area (Å²) in [5.74, 6) is 0.633. The molecule has 0 unspecified atom stereocenters. The van der Waals surface area contributed by atoms with Crippen molar-refractivity contribution in [3.63, 3.8) is 0 Å². The maximum atomic E-state index is 12.2. The quantitative estimate of drug-likeness (QED) is 0.283. The molecule has 4 heteroatoms. The number of likely N-dealkylation sites (tertiary alicyclic amines) is 1. The molecule has 1 aromatic heterocycles. The molecule has 2 heterocycles. The molecule has 3 aromatic rings. The Morgan fingerprint density at radius 2 is 1.58 bits per heavy atom. The SMILES string of the molecule is C.C=C(CC)C(=C)c1cn(C)c2cc(Cl)c(C(=C)N3CCC(C)CC3)cc12.CC.CCc1ccc(F)cc1. The zero-order valence-corrected chi connectivity index (χ0v) is 24.4. The number of piperidine rings is 1. The number of fused-ring (bicyclic) bond motifs is 1. The molecular formula is C34H48ClFN2. The molecule has 1 aliphatic rings. The fourth-order valence-electron chi connectivity index (χ4n) is 4.44. The first-order chi connectivity index (χ1) is 17.7. The molecule has 0 saturated carbocycles. The summed E-state index contributed by atoms with van der Waals surface area (Å²) >= 11 is 6.66. The zero-order valence-electron chi connectivity index (χ0n) is 23.6. The molecule has 0 aliphatic carbocycles. The monoisotopic (exact) mass is 538 g/mol. The first-order valence-corrected chi connectivity index (χ1v) is 13.9. The molecule has 0 N–H and O–H groups in total. The molecule has 2 aromatic carbocycles. The van der Waals surface area contributed by atoms with Crippen LogP contribution in [0.1, 0.15) is 78.0 Å². The molecule has 0 amide bonds. The van der Waals surface area contributed by atoms with Crippen molar-refractivity contribution in [3.05, 3.63) is 95.4 Å². The lowest BCUT2D eigenvalue weighted by atomic mass is 9.96. The van der Waals surface area contributed by atoms with Crippen LogP contribution in [0.5, 0.6) is 0 Å². The highest BCUT2D eigenvalue weighted by atomic mass is 35.5. The van der Waals surface area contributed by atoms with Gasteiger partial charge in [0.05, 0.1) is 5.02 Å². The van der Waals surface area contributed by atoms with Gasteiger partial charge in [0.1, 0.15) is 5.82 Å². The first kappa shape index (κ1) is 33.2. The van der Waals surface area contributed by atoms with Gasteiger partial charge in [-0.3, -0.25) is 0 Å². The summed E-state index contributed by atoms with van der Waals surface area (Å²) in [7, 11) is 2.05. The molecule has 0 spiro atoms. The van der Waals surface area contributed by atoms with E-state index in [-0.39, 0.29) is 13.2 Å². The summed E-state index contributed by atoms with van der Waals surface area (Å²) in [6.07, 6.45) is 6.42. The van der Waals surface area contributed by atoms with Gasteiger partial charge in [-0.1, -0.05) is 85.5 Å². The van der Waals surface area contributed by atoms with E-state index in [1.165, 1.54) is 30.5 Å². The van der Waals surface area contributed by atoms with Crippen molar-refractivity contribution in [1.29, 1.82) is 0 Å². The molecule has 0 bridgehead atoms. The van der Waals surface area contributed by atoms with Crippen LogP contribution in [0, 0.1) is 11.7 Å². The average molecular weight is 539 g/mol. The summed E-state index contributed by atoms with van der Waals surface area (Å²) in [5, 5.41) is 1.92. The molecule has 4 rings (SSSR count). The third-order valence-electron chi connectivity index (χ3n) is 7.05. The Labute approximate surface area is 236 Å². The largest absolute Gasteiger partial charge is 0.371 e. The summed E-state index contributed by atoms with van der Waals surface area (Å²) in [4.78, 5) is 2.37. The van der Waals surface area contributed by atoms with E-state index < -0.39 is 0 Å². The van der Waals surface area contributed by atoms with Crippen molar-refractivity contribution in [3.8, 4) is 0 Å². The van der Waals surface area contributed by atoms with E-state index in [2.05, 4.69) is 61.4 Å². The fraction of sp³-hybridized carbons (Fsp3) is 0.412. The Morgan fingerprint density at radius 3 is 2.11 bits per heavy atom. The molecule has 208 valence electrons. The Morgan fingerprint density at radius 1 is 1.00 bits per heavy atom. The lowest BCUT2D eigenvalue weighted by Gasteiger charge is -2.33. The second-order valence-electron chi connectivity index (χ2n) is 9.53. The Bertz CT molecular complexity index is 1210. The van der Waals surface area contributed by atoms with E-state index in [1.807, 2.05) is 27.8 Å². The highest BCUT2D eigenvalue weighted by molar-refractivity contribution is 6.33. The van der Waals surface area contributed by atoms with E-state index in [4.69, 9.17) is 11.6 Å². The molecule has 1 fully saturated rings. The van der Waals surface area contributed by atoms with E-state index in [1.54, 1.807) is 12.1 Å². The van der Waals surface area contributed by atoms with Gasteiger partial charge in [0.15, 0.2) is 0 Å². The standard InChI is InChI=1S/C23H29ClN2.C8H9F.C2H6.CH4/c1-7-16(3)17(4)21-14-25(6)23-13-22(24)19(12-20(21)23)18(5)26-10-8-15(2)9-11-26;1-2-7-3-5-8(9)6-4-7;1-2;/h12-15H,3-5,7-11H2,1-2,6H3;3-6H,2H2,1H3;1-2H3;1H4. The van der Waals surface area contributed by atoms with E-state index >= 15 is 0 Å². The van der Waals surface area contributed by atoms with Crippen LogP contribution in [0.15, 0.2) is 67.9 Å². The summed E-state index contributed by atoms with van der Waals surface area (Å²) in [6, 6.07) is 10.8. The van der Waals surface area contributed by atoms with Crippen LogP contribution in [0.2, 0.25) is 5.02 Å². The highest BCUT2D eigenvalue weighted by Gasteiger charge is 2.21. The highest BCUT2D eigenvalue weighted by Crippen LogP contribution is 2.37. The van der Waals surface area contributed by atoms with Crippen molar-refractivity contribution >= 4 is 33.8 Å². The summed E-state index contributed by atoms with van der Waals surface area (Å²) in [6.45, 7) is 25.4. The summed E-state index contributed by atoms with van der Waals surface area (Å²) < 4.78 is 14.3. The lowest BCUT2D eigenvalue weighted by Crippen LogP contribution is -2.31. The Hall–Kier alpha value is -2.78. The van der Waals surface area contributed by atoms with Crippen molar-refractivity contribution < 1.29 is 4.39 Å². The number of halogens is 2. The van der Waals surface area contributed by atoms with Gasteiger partial charge in [-0.25, -0.2) is 4.39 Å².